The zero-order valence-corrected chi connectivity index (χ0v) is 17.2. The normalized spacial score (nSPS) is 14.2. The summed E-state index contributed by atoms with van der Waals surface area (Å²) >= 11 is 0. The van der Waals surface area contributed by atoms with Gasteiger partial charge in [-0.3, -0.25) is 9.69 Å². The van der Waals surface area contributed by atoms with Gasteiger partial charge in [-0.2, -0.15) is 0 Å². The summed E-state index contributed by atoms with van der Waals surface area (Å²) in [6.45, 7) is 4.90. The number of halogens is 1. The van der Waals surface area contributed by atoms with Crippen LogP contribution in [0.2, 0.25) is 0 Å². The Kier molecular flexibility index (Phi) is 6.92. The highest BCUT2D eigenvalue weighted by Gasteiger charge is 2.11. The second kappa shape index (κ2) is 10.2. The number of hydrogen-bond donors (Lipinski definition) is 1. The number of carbonyl (C=O) groups excluding carboxylic acids is 1. The molecule has 1 amide bonds. The van der Waals surface area contributed by atoms with E-state index in [1.807, 2.05) is 0 Å². The van der Waals surface area contributed by atoms with E-state index >= 15 is 0 Å². The van der Waals surface area contributed by atoms with E-state index in [4.69, 9.17) is 9.47 Å². The maximum Gasteiger partial charge on any atom is 0.251 e. The molecule has 1 heterocycles. The minimum absolute atomic E-state index is 0.147. The monoisotopic (exact) mass is 420 g/mol. The first-order chi connectivity index (χ1) is 15.2. The molecule has 1 aliphatic rings. The molecule has 3 aromatic rings. The third-order valence-corrected chi connectivity index (χ3v) is 5.15. The van der Waals surface area contributed by atoms with Gasteiger partial charge < -0.3 is 14.8 Å². The Morgan fingerprint density at radius 1 is 0.871 bits per heavy atom. The van der Waals surface area contributed by atoms with Crippen molar-refractivity contribution in [2.45, 2.75) is 13.1 Å². The Morgan fingerprint density at radius 3 is 2.10 bits per heavy atom. The van der Waals surface area contributed by atoms with E-state index in [2.05, 4.69) is 34.5 Å². The van der Waals surface area contributed by atoms with E-state index in [0.717, 1.165) is 38.4 Å². The van der Waals surface area contributed by atoms with Gasteiger partial charge in [-0.25, -0.2) is 4.39 Å². The van der Waals surface area contributed by atoms with Crippen molar-refractivity contribution in [3.05, 3.63) is 95.3 Å². The van der Waals surface area contributed by atoms with E-state index in [-0.39, 0.29) is 11.7 Å². The number of benzene rings is 3. The minimum Gasteiger partial charge on any atom is -0.457 e. The quantitative estimate of drug-likeness (QED) is 0.616. The van der Waals surface area contributed by atoms with Crippen LogP contribution in [0.4, 0.5) is 4.39 Å². The maximum atomic E-state index is 13.0. The lowest BCUT2D eigenvalue weighted by atomic mass is 10.1. The fraction of sp³-hybridized carbons (Fsp3) is 0.240. The van der Waals surface area contributed by atoms with E-state index in [9.17, 15) is 9.18 Å². The standard InChI is InChI=1S/C25H25FN2O3/c26-22-7-11-24(12-8-22)31-23-9-5-21(6-10-23)25(29)27-17-19-1-3-20(4-2-19)18-28-13-15-30-16-14-28/h1-12H,13-18H2,(H,27,29). The average molecular weight is 420 g/mol. The van der Waals surface area contributed by atoms with E-state index < -0.39 is 0 Å². The van der Waals surface area contributed by atoms with E-state index in [0.29, 0.717) is 23.6 Å². The van der Waals surface area contributed by atoms with Gasteiger partial charge in [0.15, 0.2) is 0 Å². The molecule has 0 atom stereocenters. The van der Waals surface area contributed by atoms with Crippen LogP contribution >= 0.6 is 0 Å². The highest BCUT2D eigenvalue weighted by atomic mass is 19.1. The molecule has 0 saturated carbocycles. The van der Waals surface area contributed by atoms with Crippen molar-refractivity contribution in [2.24, 2.45) is 0 Å². The van der Waals surface area contributed by atoms with Gasteiger partial charge in [0, 0.05) is 31.7 Å². The first kappa shape index (κ1) is 21.0. The zero-order chi connectivity index (χ0) is 21.5. The van der Waals surface area contributed by atoms with Crippen LogP contribution in [-0.4, -0.2) is 37.1 Å². The summed E-state index contributed by atoms with van der Waals surface area (Å²) in [6.07, 6.45) is 0. The number of morpholine rings is 1. The molecule has 31 heavy (non-hydrogen) atoms. The lowest BCUT2D eigenvalue weighted by Crippen LogP contribution is -2.35. The molecule has 1 aliphatic heterocycles. The predicted molar refractivity (Wildman–Crippen MR) is 117 cm³/mol. The number of rotatable bonds is 7. The number of carbonyl (C=O) groups is 1. The molecule has 0 radical (unpaired) electrons. The highest BCUT2D eigenvalue weighted by Crippen LogP contribution is 2.22. The molecule has 1 saturated heterocycles. The molecule has 0 aromatic heterocycles. The van der Waals surface area contributed by atoms with Crippen LogP contribution in [0.3, 0.4) is 0 Å². The van der Waals surface area contributed by atoms with Crippen LogP contribution in [0.1, 0.15) is 21.5 Å². The number of hydrogen-bond acceptors (Lipinski definition) is 4. The van der Waals surface area contributed by atoms with Crippen LogP contribution in [0, 0.1) is 5.82 Å². The first-order valence-electron chi connectivity index (χ1n) is 10.4. The summed E-state index contributed by atoms with van der Waals surface area (Å²) in [6, 6.07) is 21.0. The first-order valence-corrected chi connectivity index (χ1v) is 10.4. The number of nitrogens with one attached hydrogen (secondary N) is 1. The summed E-state index contributed by atoms with van der Waals surface area (Å²) < 4.78 is 24.0. The molecule has 160 valence electrons. The lowest BCUT2D eigenvalue weighted by molar-refractivity contribution is 0.0342. The zero-order valence-electron chi connectivity index (χ0n) is 17.2. The second-order valence-corrected chi connectivity index (χ2v) is 7.47. The van der Waals surface area contributed by atoms with Crippen LogP contribution < -0.4 is 10.1 Å². The van der Waals surface area contributed by atoms with Gasteiger partial charge in [0.1, 0.15) is 17.3 Å². The Balaban J connectivity index is 1.26. The summed E-state index contributed by atoms with van der Waals surface area (Å²) in [5.41, 5.74) is 2.86. The highest BCUT2D eigenvalue weighted by molar-refractivity contribution is 5.94. The van der Waals surface area contributed by atoms with Gasteiger partial charge in [-0.1, -0.05) is 24.3 Å². The molecule has 0 spiro atoms. The van der Waals surface area contributed by atoms with Gasteiger partial charge in [0.25, 0.3) is 5.91 Å². The predicted octanol–water partition coefficient (Wildman–Crippen LogP) is 4.38. The summed E-state index contributed by atoms with van der Waals surface area (Å²) in [5, 5.41) is 2.94. The summed E-state index contributed by atoms with van der Waals surface area (Å²) in [7, 11) is 0. The van der Waals surface area contributed by atoms with Crippen molar-refractivity contribution in [1.29, 1.82) is 0 Å². The van der Waals surface area contributed by atoms with Gasteiger partial charge >= 0.3 is 0 Å². The third kappa shape index (κ3) is 6.13. The molecule has 0 aliphatic carbocycles. The average Bonchev–Trinajstić information content (AvgIpc) is 2.81. The second-order valence-electron chi connectivity index (χ2n) is 7.47. The molecule has 4 rings (SSSR count). The fourth-order valence-electron chi connectivity index (χ4n) is 3.38. The molecule has 5 nitrogen and oxygen atoms in total. The van der Waals surface area contributed by atoms with E-state index in [1.54, 1.807) is 36.4 Å². The van der Waals surface area contributed by atoms with Crippen molar-refractivity contribution < 1.29 is 18.7 Å². The summed E-state index contributed by atoms with van der Waals surface area (Å²) in [4.78, 5) is 14.8. The maximum absolute atomic E-state index is 13.0. The Morgan fingerprint density at radius 2 is 1.45 bits per heavy atom. The number of nitrogens with zero attached hydrogens (tertiary/aromatic N) is 1. The van der Waals surface area contributed by atoms with Gasteiger partial charge in [0.05, 0.1) is 13.2 Å². The van der Waals surface area contributed by atoms with Crippen molar-refractivity contribution in [3.8, 4) is 11.5 Å². The third-order valence-electron chi connectivity index (χ3n) is 5.15. The fourth-order valence-corrected chi connectivity index (χ4v) is 3.38. The van der Waals surface area contributed by atoms with Crippen molar-refractivity contribution in [1.82, 2.24) is 10.2 Å². The molecular weight excluding hydrogens is 395 g/mol. The van der Waals surface area contributed by atoms with Crippen LogP contribution in [-0.2, 0) is 17.8 Å². The van der Waals surface area contributed by atoms with E-state index in [1.165, 1.54) is 17.7 Å². The van der Waals surface area contributed by atoms with Crippen LogP contribution in [0.15, 0.2) is 72.8 Å². The molecule has 0 bridgehead atoms. The lowest BCUT2D eigenvalue weighted by Gasteiger charge is -2.26. The minimum atomic E-state index is -0.314. The molecule has 0 unspecified atom stereocenters. The SMILES string of the molecule is O=C(NCc1ccc(CN2CCOCC2)cc1)c1ccc(Oc2ccc(F)cc2)cc1. The molecular formula is C25H25FN2O3. The molecule has 1 fully saturated rings. The van der Waals surface area contributed by atoms with Gasteiger partial charge in [-0.15, -0.1) is 0 Å². The molecule has 1 N–H and O–H groups in total. The smallest absolute Gasteiger partial charge is 0.251 e. The Bertz CT molecular complexity index is 983. The Hall–Kier alpha value is -3.22. The van der Waals surface area contributed by atoms with Crippen molar-refractivity contribution in [2.75, 3.05) is 26.3 Å². The van der Waals surface area contributed by atoms with Gasteiger partial charge in [0.2, 0.25) is 0 Å². The van der Waals surface area contributed by atoms with Crippen molar-refractivity contribution in [3.63, 3.8) is 0 Å². The topological polar surface area (TPSA) is 50.8 Å². The molecule has 6 heteroatoms. The van der Waals surface area contributed by atoms with Gasteiger partial charge in [-0.05, 0) is 59.7 Å². The van der Waals surface area contributed by atoms with Crippen molar-refractivity contribution >= 4 is 5.91 Å². The van der Waals surface area contributed by atoms with Crippen LogP contribution in [0.5, 0.6) is 11.5 Å². The largest absolute Gasteiger partial charge is 0.457 e. The number of ether oxygens (including phenoxy) is 2. The molecule has 3 aromatic carbocycles. The van der Waals surface area contributed by atoms with Crippen LogP contribution in [0.25, 0.3) is 0 Å². The summed E-state index contributed by atoms with van der Waals surface area (Å²) in [5.74, 6) is 0.659. The number of amides is 1. The Labute approximate surface area is 181 Å².